The predicted octanol–water partition coefficient (Wildman–Crippen LogP) is 2.77. The number of likely N-dealkylation sites (tertiary alicyclic amines) is 1. The van der Waals surface area contributed by atoms with E-state index in [-0.39, 0.29) is 5.60 Å². The number of benzene rings is 1. The number of fused-ring (bicyclic) bond motifs is 1. The summed E-state index contributed by atoms with van der Waals surface area (Å²) in [6.45, 7) is 6.06. The fourth-order valence-electron chi connectivity index (χ4n) is 3.35. The monoisotopic (exact) mass is 294 g/mol. The van der Waals surface area contributed by atoms with E-state index in [2.05, 4.69) is 17.0 Å². The van der Waals surface area contributed by atoms with E-state index < -0.39 is 0 Å². The molecular formula is C16H23ClN2O. The van der Waals surface area contributed by atoms with E-state index in [4.69, 9.17) is 22.1 Å². The molecule has 1 atom stereocenters. The molecule has 1 fully saturated rings. The first-order chi connectivity index (χ1) is 9.62. The predicted molar refractivity (Wildman–Crippen MR) is 82.6 cm³/mol. The standard InChI is InChI=1S/C16H23ClN2O/c1-12-9-15-13(10-14(12)17)3-4-16(20-15)5-8-19(11-16)7-2-6-18/h9-10H,2-8,11,18H2,1H3. The zero-order chi connectivity index (χ0) is 14.2. The summed E-state index contributed by atoms with van der Waals surface area (Å²) in [5, 5.41) is 0.847. The van der Waals surface area contributed by atoms with Crippen molar-refractivity contribution in [1.29, 1.82) is 0 Å². The molecule has 0 amide bonds. The number of hydrogen-bond acceptors (Lipinski definition) is 3. The summed E-state index contributed by atoms with van der Waals surface area (Å²) in [7, 11) is 0. The van der Waals surface area contributed by atoms with Crippen LogP contribution in [0, 0.1) is 6.92 Å². The number of aryl methyl sites for hydroxylation is 2. The van der Waals surface area contributed by atoms with Crippen molar-refractivity contribution in [2.75, 3.05) is 26.2 Å². The minimum atomic E-state index is 0.0157. The van der Waals surface area contributed by atoms with Crippen molar-refractivity contribution >= 4 is 11.6 Å². The fraction of sp³-hybridized carbons (Fsp3) is 0.625. The lowest BCUT2D eigenvalue weighted by molar-refractivity contribution is 0.0544. The molecule has 0 aliphatic carbocycles. The molecule has 20 heavy (non-hydrogen) atoms. The Morgan fingerprint density at radius 2 is 2.25 bits per heavy atom. The minimum Gasteiger partial charge on any atom is -0.486 e. The maximum atomic E-state index is 6.39. The SMILES string of the molecule is Cc1cc2c(cc1Cl)CCC1(CCN(CCCN)C1)O2. The molecule has 1 aromatic rings. The second-order valence-electron chi connectivity index (χ2n) is 6.16. The first-order valence-corrected chi connectivity index (χ1v) is 7.90. The highest BCUT2D eigenvalue weighted by Crippen LogP contribution is 2.40. The number of rotatable bonds is 3. The molecule has 0 radical (unpaired) electrons. The first-order valence-electron chi connectivity index (χ1n) is 7.52. The van der Waals surface area contributed by atoms with E-state index in [9.17, 15) is 0 Å². The van der Waals surface area contributed by atoms with Crippen LogP contribution in [-0.4, -0.2) is 36.7 Å². The zero-order valence-electron chi connectivity index (χ0n) is 12.1. The quantitative estimate of drug-likeness (QED) is 0.931. The van der Waals surface area contributed by atoms with Crippen LogP contribution in [0.1, 0.15) is 30.4 Å². The Bertz CT molecular complexity index is 505. The van der Waals surface area contributed by atoms with E-state index in [1.165, 1.54) is 5.56 Å². The van der Waals surface area contributed by atoms with Gasteiger partial charge in [-0.15, -0.1) is 0 Å². The average Bonchev–Trinajstić information content (AvgIpc) is 2.81. The molecule has 0 saturated carbocycles. The molecule has 0 bridgehead atoms. The van der Waals surface area contributed by atoms with Gasteiger partial charge in [0.1, 0.15) is 11.4 Å². The highest BCUT2D eigenvalue weighted by atomic mass is 35.5. The molecule has 1 aromatic carbocycles. The van der Waals surface area contributed by atoms with Gasteiger partial charge in [0.15, 0.2) is 0 Å². The van der Waals surface area contributed by atoms with Crippen LogP contribution in [0.15, 0.2) is 12.1 Å². The van der Waals surface area contributed by atoms with Gasteiger partial charge in [-0.25, -0.2) is 0 Å². The highest BCUT2D eigenvalue weighted by molar-refractivity contribution is 6.31. The Labute approximate surface area is 126 Å². The number of halogens is 1. The van der Waals surface area contributed by atoms with Gasteiger partial charge in [0, 0.05) is 24.5 Å². The van der Waals surface area contributed by atoms with Crippen LogP contribution >= 0.6 is 11.6 Å². The van der Waals surface area contributed by atoms with Gasteiger partial charge in [0.2, 0.25) is 0 Å². The van der Waals surface area contributed by atoms with Gasteiger partial charge < -0.3 is 10.5 Å². The third kappa shape index (κ3) is 2.67. The van der Waals surface area contributed by atoms with Crippen LogP contribution < -0.4 is 10.5 Å². The van der Waals surface area contributed by atoms with Crippen molar-refractivity contribution in [3.8, 4) is 5.75 Å². The summed E-state index contributed by atoms with van der Waals surface area (Å²) in [6.07, 6.45) is 4.36. The van der Waals surface area contributed by atoms with Crippen molar-refractivity contribution in [1.82, 2.24) is 4.90 Å². The maximum Gasteiger partial charge on any atom is 0.123 e. The minimum absolute atomic E-state index is 0.0157. The molecule has 3 nitrogen and oxygen atoms in total. The second kappa shape index (κ2) is 5.55. The van der Waals surface area contributed by atoms with Gasteiger partial charge in [0.25, 0.3) is 0 Å². The first kappa shape index (κ1) is 14.2. The fourth-order valence-corrected chi connectivity index (χ4v) is 3.54. The molecule has 2 aliphatic rings. The molecule has 4 heteroatoms. The van der Waals surface area contributed by atoms with Gasteiger partial charge in [-0.1, -0.05) is 11.6 Å². The normalized spacial score (nSPS) is 25.8. The van der Waals surface area contributed by atoms with E-state index >= 15 is 0 Å². The highest BCUT2D eigenvalue weighted by Gasteiger charge is 2.42. The molecule has 2 aliphatic heterocycles. The van der Waals surface area contributed by atoms with Gasteiger partial charge in [-0.3, -0.25) is 4.90 Å². The van der Waals surface area contributed by atoms with Crippen molar-refractivity contribution in [3.05, 3.63) is 28.3 Å². The van der Waals surface area contributed by atoms with Crippen LogP contribution in [0.25, 0.3) is 0 Å². The Hall–Kier alpha value is -0.770. The molecule has 3 rings (SSSR count). The largest absolute Gasteiger partial charge is 0.486 e. The number of nitrogens with two attached hydrogens (primary N) is 1. The average molecular weight is 295 g/mol. The molecular weight excluding hydrogens is 272 g/mol. The summed E-state index contributed by atoms with van der Waals surface area (Å²) in [5.41, 5.74) is 7.97. The third-order valence-electron chi connectivity index (χ3n) is 4.59. The Balaban J connectivity index is 1.74. The van der Waals surface area contributed by atoms with Crippen LogP contribution in [0.2, 0.25) is 5.02 Å². The summed E-state index contributed by atoms with van der Waals surface area (Å²) in [5.74, 6) is 1.04. The smallest absolute Gasteiger partial charge is 0.123 e. The summed E-state index contributed by atoms with van der Waals surface area (Å²) >= 11 is 6.20. The topological polar surface area (TPSA) is 38.5 Å². The lowest BCUT2D eigenvalue weighted by atomic mass is 9.90. The summed E-state index contributed by atoms with van der Waals surface area (Å²) in [4.78, 5) is 2.49. The molecule has 1 saturated heterocycles. The second-order valence-corrected chi connectivity index (χ2v) is 6.57. The molecule has 2 N–H and O–H groups in total. The van der Waals surface area contributed by atoms with Crippen LogP contribution in [0.5, 0.6) is 5.75 Å². The maximum absolute atomic E-state index is 6.39. The lowest BCUT2D eigenvalue weighted by Gasteiger charge is -2.36. The molecule has 1 spiro atoms. The van der Waals surface area contributed by atoms with Crippen molar-refractivity contribution in [2.24, 2.45) is 5.73 Å². The zero-order valence-corrected chi connectivity index (χ0v) is 12.9. The van der Waals surface area contributed by atoms with E-state index in [0.717, 1.165) is 68.2 Å². The number of ether oxygens (including phenoxy) is 1. The molecule has 2 heterocycles. The Morgan fingerprint density at radius 3 is 3.05 bits per heavy atom. The van der Waals surface area contributed by atoms with E-state index in [1.54, 1.807) is 0 Å². The van der Waals surface area contributed by atoms with Crippen LogP contribution in [-0.2, 0) is 6.42 Å². The molecule has 0 aromatic heterocycles. The third-order valence-corrected chi connectivity index (χ3v) is 5.00. The van der Waals surface area contributed by atoms with Gasteiger partial charge in [0.05, 0.1) is 0 Å². The van der Waals surface area contributed by atoms with Crippen LogP contribution in [0.4, 0.5) is 0 Å². The lowest BCUT2D eigenvalue weighted by Crippen LogP contribution is -2.42. The van der Waals surface area contributed by atoms with E-state index in [1.807, 2.05) is 6.92 Å². The van der Waals surface area contributed by atoms with Crippen molar-refractivity contribution < 1.29 is 4.74 Å². The number of hydrogen-bond donors (Lipinski definition) is 1. The van der Waals surface area contributed by atoms with E-state index in [0.29, 0.717) is 0 Å². The van der Waals surface area contributed by atoms with Gasteiger partial charge >= 0.3 is 0 Å². The van der Waals surface area contributed by atoms with Crippen molar-refractivity contribution in [3.63, 3.8) is 0 Å². The van der Waals surface area contributed by atoms with Crippen molar-refractivity contribution in [2.45, 2.75) is 38.2 Å². The summed E-state index contributed by atoms with van der Waals surface area (Å²) < 4.78 is 6.39. The van der Waals surface area contributed by atoms with Gasteiger partial charge in [-0.2, -0.15) is 0 Å². The number of nitrogens with zero attached hydrogens (tertiary/aromatic N) is 1. The van der Waals surface area contributed by atoms with Crippen LogP contribution in [0.3, 0.4) is 0 Å². The Morgan fingerprint density at radius 1 is 1.40 bits per heavy atom. The molecule has 110 valence electrons. The Kier molecular flexibility index (Phi) is 3.93. The summed E-state index contributed by atoms with van der Waals surface area (Å²) in [6, 6.07) is 4.17. The van der Waals surface area contributed by atoms with Gasteiger partial charge in [-0.05, 0) is 62.5 Å². The molecule has 1 unspecified atom stereocenters.